The average Bonchev–Trinajstić information content (AvgIpc) is 2.98. The Kier molecular flexibility index (Phi) is 3.71. The molecule has 2 unspecified atom stereocenters. The molecule has 1 N–H and O–H groups in total. The zero-order valence-corrected chi connectivity index (χ0v) is 11.5. The lowest BCUT2D eigenvalue weighted by Gasteiger charge is -2.28. The molecule has 0 spiro atoms. The van der Waals surface area contributed by atoms with Gasteiger partial charge in [0.1, 0.15) is 0 Å². The Morgan fingerprint density at radius 2 is 2.41 bits per heavy atom. The summed E-state index contributed by atoms with van der Waals surface area (Å²) in [6, 6.07) is 5.03. The molecule has 1 aromatic heterocycles. The fourth-order valence-electron chi connectivity index (χ4n) is 2.63. The van der Waals surface area contributed by atoms with Crippen molar-refractivity contribution >= 4 is 28.3 Å². The normalized spacial score (nSPS) is 30.2. The second-order valence-electron chi connectivity index (χ2n) is 4.77. The number of thiophene rings is 1. The molecule has 92 valence electrons. The number of fused-ring (bicyclic) bond motifs is 1. The Labute approximate surface area is 111 Å². The molecule has 0 aromatic carbocycles. The van der Waals surface area contributed by atoms with E-state index in [4.69, 9.17) is 4.99 Å². The maximum Gasteiger partial charge on any atom is 0.156 e. The van der Waals surface area contributed by atoms with Crippen LogP contribution in [0.5, 0.6) is 0 Å². The zero-order valence-electron chi connectivity index (χ0n) is 9.89. The van der Waals surface area contributed by atoms with Gasteiger partial charge in [0.2, 0.25) is 0 Å². The topological polar surface area (TPSA) is 24.4 Å². The summed E-state index contributed by atoms with van der Waals surface area (Å²) in [7, 11) is 0. The van der Waals surface area contributed by atoms with E-state index in [2.05, 4.69) is 22.8 Å². The maximum absolute atomic E-state index is 4.69. The highest BCUT2D eigenvalue weighted by Gasteiger charge is 2.31. The highest BCUT2D eigenvalue weighted by atomic mass is 32.2. The number of aliphatic imine (C=N–C) groups is 1. The fourth-order valence-corrected chi connectivity index (χ4v) is 4.51. The van der Waals surface area contributed by atoms with Crippen molar-refractivity contribution in [2.45, 2.75) is 31.7 Å². The Morgan fingerprint density at radius 1 is 1.41 bits per heavy atom. The number of nitrogens with one attached hydrogen (secondary N) is 1. The third kappa shape index (κ3) is 2.86. The fraction of sp³-hybridized carbons (Fsp3) is 0.615. The quantitative estimate of drug-likeness (QED) is 0.909. The molecule has 3 rings (SSSR count). The SMILES string of the molecule is c1csc(CCN=C2NC3CCCC3CS2)c1. The van der Waals surface area contributed by atoms with E-state index in [0.29, 0.717) is 0 Å². The van der Waals surface area contributed by atoms with Crippen LogP contribution in [0.3, 0.4) is 0 Å². The third-order valence-electron chi connectivity index (χ3n) is 3.60. The van der Waals surface area contributed by atoms with Gasteiger partial charge >= 0.3 is 0 Å². The largest absolute Gasteiger partial charge is 0.362 e. The van der Waals surface area contributed by atoms with Crippen LogP contribution in [0.4, 0.5) is 0 Å². The Morgan fingerprint density at radius 3 is 3.29 bits per heavy atom. The molecule has 2 nitrogen and oxygen atoms in total. The van der Waals surface area contributed by atoms with E-state index in [9.17, 15) is 0 Å². The van der Waals surface area contributed by atoms with E-state index < -0.39 is 0 Å². The van der Waals surface area contributed by atoms with Gasteiger partial charge in [-0.15, -0.1) is 11.3 Å². The van der Waals surface area contributed by atoms with Crippen molar-refractivity contribution in [1.82, 2.24) is 5.32 Å². The first-order valence-corrected chi connectivity index (χ1v) is 8.24. The van der Waals surface area contributed by atoms with E-state index in [1.54, 1.807) is 0 Å². The Hall–Kier alpha value is -0.480. The highest BCUT2D eigenvalue weighted by molar-refractivity contribution is 8.13. The van der Waals surface area contributed by atoms with Crippen molar-refractivity contribution in [2.75, 3.05) is 12.3 Å². The minimum Gasteiger partial charge on any atom is -0.362 e. The van der Waals surface area contributed by atoms with Gasteiger partial charge in [0.25, 0.3) is 0 Å². The molecule has 1 aromatic rings. The molecule has 4 heteroatoms. The third-order valence-corrected chi connectivity index (χ3v) is 5.65. The first-order chi connectivity index (χ1) is 8.42. The van der Waals surface area contributed by atoms with Gasteiger partial charge < -0.3 is 5.32 Å². The summed E-state index contributed by atoms with van der Waals surface area (Å²) in [6.07, 6.45) is 5.23. The van der Waals surface area contributed by atoms with Crippen molar-refractivity contribution in [2.24, 2.45) is 10.9 Å². The van der Waals surface area contributed by atoms with Crippen LogP contribution in [0.1, 0.15) is 24.1 Å². The van der Waals surface area contributed by atoms with Crippen LogP contribution in [-0.2, 0) is 6.42 Å². The van der Waals surface area contributed by atoms with Gasteiger partial charge in [0, 0.05) is 29.6 Å². The van der Waals surface area contributed by atoms with E-state index in [1.165, 1.54) is 35.1 Å². The lowest BCUT2D eigenvalue weighted by molar-refractivity contribution is 0.490. The molecule has 2 aliphatic rings. The lowest BCUT2D eigenvalue weighted by Crippen LogP contribution is -2.41. The molecule has 2 atom stereocenters. The number of nitrogens with zero attached hydrogens (tertiary/aromatic N) is 1. The molecule has 1 saturated heterocycles. The molecule has 0 bridgehead atoms. The zero-order chi connectivity index (χ0) is 11.5. The van der Waals surface area contributed by atoms with Gasteiger partial charge in [-0.25, -0.2) is 0 Å². The molecule has 1 saturated carbocycles. The number of hydrogen-bond donors (Lipinski definition) is 1. The van der Waals surface area contributed by atoms with Crippen LogP contribution in [-0.4, -0.2) is 23.5 Å². The van der Waals surface area contributed by atoms with Crippen LogP contribution < -0.4 is 5.32 Å². The molecule has 1 aliphatic carbocycles. The highest BCUT2D eigenvalue weighted by Crippen LogP contribution is 2.32. The summed E-state index contributed by atoms with van der Waals surface area (Å²) in [5.74, 6) is 2.17. The van der Waals surface area contributed by atoms with Gasteiger partial charge in [-0.3, -0.25) is 4.99 Å². The van der Waals surface area contributed by atoms with Gasteiger partial charge in [-0.1, -0.05) is 24.2 Å². The molecule has 2 fully saturated rings. The molecular weight excluding hydrogens is 248 g/mol. The summed E-state index contributed by atoms with van der Waals surface area (Å²) < 4.78 is 0. The number of hydrogen-bond acceptors (Lipinski definition) is 3. The second kappa shape index (κ2) is 5.44. The first kappa shape index (κ1) is 11.6. The van der Waals surface area contributed by atoms with Crippen molar-refractivity contribution < 1.29 is 0 Å². The van der Waals surface area contributed by atoms with Gasteiger partial charge in [-0.2, -0.15) is 0 Å². The van der Waals surface area contributed by atoms with Gasteiger partial charge in [0.05, 0.1) is 0 Å². The maximum atomic E-state index is 4.69. The van der Waals surface area contributed by atoms with Crippen molar-refractivity contribution in [1.29, 1.82) is 0 Å². The lowest BCUT2D eigenvalue weighted by atomic mass is 10.1. The van der Waals surface area contributed by atoms with E-state index >= 15 is 0 Å². The van der Waals surface area contributed by atoms with E-state index in [1.807, 2.05) is 23.1 Å². The molecule has 0 radical (unpaired) electrons. The van der Waals surface area contributed by atoms with Crippen LogP contribution in [0.2, 0.25) is 0 Å². The minimum absolute atomic E-state index is 0.719. The summed E-state index contributed by atoms with van der Waals surface area (Å²) >= 11 is 3.75. The van der Waals surface area contributed by atoms with Crippen LogP contribution in [0.25, 0.3) is 0 Å². The van der Waals surface area contributed by atoms with Gasteiger partial charge in [0.15, 0.2) is 5.17 Å². The van der Waals surface area contributed by atoms with Crippen LogP contribution in [0, 0.1) is 5.92 Å². The number of amidine groups is 1. The van der Waals surface area contributed by atoms with E-state index in [0.717, 1.165) is 24.9 Å². The number of rotatable bonds is 3. The standard InChI is InChI=1S/C13H18N2S2/c1-3-10-9-17-13(15-12(10)5-1)14-7-6-11-4-2-8-16-11/h2,4,8,10,12H,1,3,5-7,9H2,(H,14,15). The molecular formula is C13H18N2S2. The van der Waals surface area contributed by atoms with Crippen LogP contribution >= 0.6 is 23.1 Å². The summed E-state index contributed by atoms with van der Waals surface area (Å²) in [5, 5.41) is 6.93. The summed E-state index contributed by atoms with van der Waals surface area (Å²) in [5.41, 5.74) is 0. The van der Waals surface area contributed by atoms with Crippen molar-refractivity contribution in [3.05, 3.63) is 22.4 Å². The number of thioether (sulfide) groups is 1. The second-order valence-corrected chi connectivity index (χ2v) is 6.81. The summed E-state index contributed by atoms with van der Waals surface area (Å²) in [6.45, 7) is 0.924. The average molecular weight is 266 g/mol. The molecule has 17 heavy (non-hydrogen) atoms. The predicted octanol–water partition coefficient (Wildman–Crippen LogP) is 3.15. The molecule has 0 amide bonds. The van der Waals surface area contributed by atoms with Crippen molar-refractivity contribution in [3.63, 3.8) is 0 Å². The van der Waals surface area contributed by atoms with E-state index in [-0.39, 0.29) is 0 Å². The van der Waals surface area contributed by atoms with Crippen molar-refractivity contribution in [3.8, 4) is 0 Å². The monoisotopic (exact) mass is 266 g/mol. The van der Waals surface area contributed by atoms with Crippen LogP contribution in [0.15, 0.2) is 22.5 Å². The molecule has 1 aliphatic heterocycles. The smallest absolute Gasteiger partial charge is 0.156 e. The Balaban J connectivity index is 1.51. The summed E-state index contributed by atoms with van der Waals surface area (Å²) in [4.78, 5) is 6.13. The molecule has 2 heterocycles. The predicted molar refractivity (Wildman–Crippen MR) is 77.0 cm³/mol. The first-order valence-electron chi connectivity index (χ1n) is 6.38. The Bertz CT molecular complexity index is 386. The van der Waals surface area contributed by atoms with Gasteiger partial charge in [-0.05, 0) is 30.2 Å². The minimum atomic E-state index is 0.719.